The zero-order valence-electron chi connectivity index (χ0n) is 12.0. The topological polar surface area (TPSA) is 146 Å². The fourth-order valence-electron chi connectivity index (χ4n) is 2.40. The molecule has 3 rings (SSSR count). The summed E-state index contributed by atoms with van der Waals surface area (Å²) >= 11 is 3.25. The minimum Gasteiger partial charge on any atom is -0.463 e. The Morgan fingerprint density at radius 2 is 2.22 bits per heavy atom. The molecule has 1 aliphatic heterocycles. The number of rotatable bonds is 3. The molecule has 10 nitrogen and oxygen atoms in total. The van der Waals surface area contributed by atoms with Crippen molar-refractivity contribution in [3.63, 3.8) is 0 Å². The van der Waals surface area contributed by atoms with E-state index in [1.54, 1.807) is 0 Å². The summed E-state index contributed by atoms with van der Waals surface area (Å²) < 4.78 is 12.2. The summed E-state index contributed by atoms with van der Waals surface area (Å²) in [6.07, 6.45) is -3.08. The van der Waals surface area contributed by atoms with Crippen molar-refractivity contribution in [2.24, 2.45) is 0 Å². The Hall–Kier alpha value is -1.82. The number of hydrogen-bond donors (Lipinski definition) is 3. The lowest BCUT2D eigenvalue weighted by Crippen LogP contribution is -2.34. The molecule has 1 aliphatic rings. The summed E-state index contributed by atoms with van der Waals surface area (Å²) in [5.74, 6) is -0.326. The molecule has 1 saturated heterocycles. The maximum atomic E-state index is 10.9. The second-order valence-electron chi connectivity index (χ2n) is 5.03. The fraction of sp³-hybridized carbons (Fsp3) is 0.500. The third-order valence-corrected chi connectivity index (χ3v) is 4.06. The average Bonchev–Trinajstić information content (AvgIpc) is 2.96. The number of esters is 1. The molecule has 0 aromatic carbocycles. The molecule has 0 amide bonds. The van der Waals surface area contributed by atoms with Crippen LogP contribution in [0.2, 0.25) is 0 Å². The molecule has 124 valence electrons. The highest BCUT2D eigenvalue weighted by Gasteiger charge is 2.45. The molecule has 0 radical (unpaired) electrons. The first-order valence-electron chi connectivity index (χ1n) is 6.69. The predicted octanol–water partition coefficient (Wildman–Crippen LogP) is -0.647. The summed E-state index contributed by atoms with van der Waals surface area (Å²) in [4.78, 5) is 23.0. The minimum atomic E-state index is -1.26. The molecule has 4 N–H and O–H groups in total. The van der Waals surface area contributed by atoms with Crippen molar-refractivity contribution in [3.8, 4) is 0 Å². The number of hydrogen-bond acceptors (Lipinski definition) is 9. The lowest BCUT2D eigenvalue weighted by molar-refractivity contribution is -0.147. The Morgan fingerprint density at radius 3 is 2.91 bits per heavy atom. The van der Waals surface area contributed by atoms with Crippen LogP contribution in [-0.2, 0) is 14.3 Å². The van der Waals surface area contributed by atoms with E-state index in [-0.39, 0.29) is 12.4 Å². The molecule has 23 heavy (non-hydrogen) atoms. The quantitative estimate of drug-likeness (QED) is 0.461. The molecule has 0 saturated carbocycles. The van der Waals surface area contributed by atoms with Crippen molar-refractivity contribution in [2.45, 2.75) is 31.5 Å². The summed E-state index contributed by atoms with van der Waals surface area (Å²) in [5, 5.41) is 20.3. The molecular weight excluding hydrogens is 374 g/mol. The van der Waals surface area contributed by atoms with Crippen molar-refractivity contribution in [2.75, 3.05) is 12.3 Å². The van der Waals surface area contributed by atoms with Crippen molar-refractivity contribution < 1.29 is 24.5 Å². The Kier molecular flexibility index (Phi) is 4.19. The maximum Gasteiger partial charge on any atom is 0.302 e. The van der Waals surface area contributed by atoms with Gasteiger partial charge in [0.05, 0.1) is 0 Å². The third-order valence-electron chi connectivity index (χ3n) is 3.50. The second kappa shape index (κ2) is 6.00. The van der Waals surface area contributed by atoms with Crippen molar-refractivity contribution >= 4 is 38.9 Å². The zero-order valence-corrected chi connectivity index (χ0v) is 13.5. The first-order valence-corrected chi connectivity index (χ1v) is 7.48. The highest BCUT2D eigenvalue weighted by Crippen LogP contribution is 2.35. The van der Waals surface area contributed by atoms with Gasteiger partial charge in [0.1, 0.15) is 31.2 Å². The Balaban J connectivity index is 1.94. The van der Waals surface area contributed by atoms with Gasteiger partial charge < -0.3 is 25.4 Å². The highest BCUT2D eigenvalue weighted by atomic mass is 79.9. The van der Waals surface area contributed by atoms with Gasteiger partial charge in [-0.25, -0.2) is 15.0 Å². The average molecular weight is 388 g/mol. The van der Waals surface area contributed by atoms with Crippen LogP contribution in [0.25, 0.3) is 11.2 Å². The molecule has 2 aromatic rings. The Labute approximate surface area is 138 Å². The van der Waals surface area contributed by atoms with E-state index < -0.39 is 30.5 Å². The van der Waals surface area contributed by atoms with Gasteiger partial charge in [0.25, 0.3) is 0 Å². The third kappa shape index (κ3) is 2.76. The molecule has 0 spiro atoms. The van der Waals surface area contributed by atoms with Gasteiger partial charge in [-0.15, -0.1) is 0 Å². The van der Waals surface area contributed by atoms with Gasteiger partial charge in [0, 0.05) is 6.92 Å². The van der Waals surface area contributed by atoms with Gasteiger partial charge in [-0.2, -0.15) is 0 Å². The number of fused-ring (bicyclic) bond motifs is 1. The van der Waals surface area contributed by atoms with Crippen molar-refractivity contribution in [1.29, 1.82) is 0 Å². The van der Waals surface area contributed by atoms with E-state index in [4.69, 9.17) is 15.2 Å². The smallest absolute Gasteiger partial charge is 0.302 e. The number of aromatic nitrogens is 4. The number of carbonyl (C=O) groups is 1. The minimum absolute atomic E-state index is 0.175. The van der Waals surface area contributed by atoms with Crippen molar-refractivity contribution in [1.82, 2.24) is 19.5 Å². The normalized spacial score (nSPS) is 27.5. The Bertz CT molecular complexity index is 753. The van der Waals surface area contributed by atoms with Gasteiger partial charge in [-0.05, 0) is 15.9 Å². The fourth-order valence-corrected chi connectivity index (χ4v) is 2.95. The molecule has 0 bridgehead atoms. The largest absolute Gasteiger partial charge is 0.463 e. The Morgan fingerprint density at radius 1 is 1.48 bits per heavy atom. The number of carbonyl (C=O) groups excluding carboxylic acids is 1. The number of ether oxygens (including phenoxy) is 2. The van der Waals surface area contributed by atoms with Crippen LogP contribution in [0.1, 0.15) is 13.2 Å². The van der Waals surface area contributed by atoms with Gasteiger partial charge in [0.15, 0.2) is 27.9 Å². The molecule has 0 aliphatic carbocycles. The number of nitrogen functional groups attached to an aromatic ring is 1. The lowest BCUT2D eigenvalue weighted by atomic mass is 10.1. The van der Waals surface area contributed by atoms with E-state index in [2.05, 4.69) is 30.9 Å². The SMILES string of the molecule is CC(=O)OC[C@@H]1O[C@H](n2c(Br)nc3c(N)ncnc32)[C@@H](O)[C@@H]1O. The molecule has 3 heterocycles. The van der Waals surface area contributed by atoms with Gasteiger partial charge >= 0.3 is 5.97 Å². The number of imidazole rings is 1. The van der Waals surface area contributed by atoms with Gasteiger partial charge in [-0.3, -0.25) is 9.36 Å². The number of anilines is 1. The molecular formula is C12H14BrN5O5. The number of halogens is 1. The van der Waals surface area contributed by atoms with Crippen LogP contribution in [0.5, 0.6) is 0 Å². The van der Waals surface area contributed by atoms with Crippen LogP contribution < -0.4 is 5.73 Å². The maximum absolute atomic E-state index is 10.9. The van der Waals surface area contributed by atoms with Crippen LogP contribution in [0.15, 0.2) is 11.1 Å². The van der Waals surface area contributed by atoms with E-state index >= 15 is 0 Å². The highest BCUT2D eigenvalue weighted by molar-refractivity contribution is 9.10. The van der Waals surface area contributed by atoms with E-state index in [0.29, 0.717) is 15.9 Å². The van der Waals surface area contributed by atoms with Crippen LogP contribution in [0.3, 0.4) is 0 Å². The van der Waals surface area contributed by atoms with Crippen LogP contribution in [-0.4, -0.2) is 60.6 Å². The number of aliphatic hydroxyl groups excluding tert-OH is 2. The number of aliphatic hydroxyl groups is 2. The van der Waals surface area contributed by atoms with Crippen LogP contribution in [0.4, 0.5) is 5.82 Å². The summed E-state index contributed by atoms with van der Waals surface area (Å²) in [6.45, 7) is 1.07. The molecule has 4 atom stereocenters. The standard InChI is InChI=1S/C12H14BrN5O5/c1-4(19)22-2-5-7(20)8(21)11(23-5)18-10-6(17-12(18)13)9(14)15-3-16-10/h3,5,7-8,11,20-21H,2H2,1H3,(H2,14,15,16)/t5-,7+,8-,11-/m0/s1. The molecule has 11 heteroatoms. The molecule has 0 unspecified atom stereocenters. The summed E-state index contributed by atoms with van der Waals surface area (Å²) in [6, 6.07) is 0. The predicted molar refractivity (Wildman–Crippen MR) is 80.0 cm³/mol. The summed E-state index contributed by atoms with van der Waals surface area (Å²) in [5.41, 5.74) is 6.43. The van der Waals surface area contributed by atoms with Crippen LogP contribution in [0, 0.1) is 0 Å². The first kappa shape index (κ1) is 16.1. The van der Waals surface area contributed by atoms with Crippen LogP contribution >= 0.6 is 15.9 Å². The number of nitrogens with two attached hydrogens (primary N) is 1. The summed E-state index contributed by atoms with van der Waals surface area (Å²) in [7, 11) is 0. The monoisotopic (exact) mass is 387 g/mol. The first-order chi connectivity index (χ1) is 10.9. The van der Waals surface area contributed by atoms with Gasteiger partial charge in [-0.1, -0.05) is 0 Å². The lowest BCUT2D eigenvalue weighted by Gasteiger charge is -2.17. The van der Waals surface area contributed by atoms with Crippen molar-refractivity contribution in [3.05, 3.63) is 11.1 Å². The molecule has 1 fully saturated rings. The zero-order chi connectivity index (χ0) is 16.7. The van der Waals surface area contributed by atoms with E-state index in [1.807, 2.05) is 0 Å². The second-order valence-corrected chi connectivity index (χ2v) is 5.74. The van der Waals surface area contributed by atoms with E-state index in [0.717, 1.165) is 0 Å². The number of nitrogens with zero attached hydrogens (tertiary/aromatic N) is 4. The molecule has 2 aromatic heterocycles. The van der Waals surface area contributed by atoms with E-state index in [1.165, 1.54) is 17.8 Å². The van der Waals surface area contributed by atoms with Gasteiger partial charge in [0.2, 0.25) is 0 Å². The van der Waals surface area contributed by atoms with E-state index in [9.17, 15) is 15.0 Å².